The Hall–Kier alpha value is -4.79. The Bertz CT molecular complexity index is 1890. The summed E-state index contributed by atoms with van der Waals surface area (Å²) in [5.74, 6) is -1.75. The number of ketones is 1. The number of hydrogen-bond acceptors (Lipinski definition) is 7. The standard InChI is InChI=1S/C33H34N4O5/c1-33(2,3)21-15-13-19(14-16-21)17-20-9-8-11-23-26(22-10-6-7-12-24(22)35-28(20)23)31(40)42-18-25(38)27-29(34)36(4)32(41)37(5)30(27)39/h6-7,10,12-17H,8-9,11,18,34H2,1-5H3/b20-17-. The quantitative estimate of drug-likeness (QED) is 0.280. The smallest absolute Gasteiger partial charge is 0.339 e. The van der Waals surface area contributed by atoms with Gasteiger partial charge in [0.2, 0.25) is 5.78 Å². The van der Waals surface area contributed by atoms with Crippen LogP contribution in [0.25, 0.3) is 22.6 Å². The zero-order valence-corrected chi connectivity index (χ0v) is 24.5. The third-order valence-corrected chi connectivity index (χ3v) is 7.82. The molecule has 0 radical (unpaired) electrons. The van der Waals surface area contributed by atoms with Gasteiger partial charge >= 0.3 is 11.7 Å². The number of para-hydroxylation sites is 1. The molecule has 2 aromatic heterocycles. The first-order chi connectivity index (χ1) is 19.9. The lowest BCUT2D eigenvalue weighted by Crippen LogP contribution is -2.42. The van der Waals surface area contributed by atoms with E-state index in [1.54, 1.807) is 0 Å². The van der Waals surface area contributed by atoms with Gasteiger partial charge in [-0.15, -0.1) is 0 Å². The van der Waals surface area contributed by atoms with E-state index >= 15 is 0 Å². The Morgan fingerprint density at radius 2 is 1.67 bits per heavy atom. The molecule has 0 spiro atoms. The Labute approximate surface area is 243 Å². The van der Waals surface area contributed by atoms with Crippen molar-refractivity contribution in [1.29, 1.82) is 0 Å². The Morgan fingerprint density at radius 3 is 2.36 bits per heavy atom. The van der Waals surface area contributed by atoms with Crippen molar-refractivity contribution in [2.24, 2.45) is 14.1 Å². The molecule has 2 heterocycles. The van der Waals surface area contributed by atoms with Crippen molar-refractivity contribution < 1.29 is 14.3 Å². The van der Waals surface area contributed by atoms with Gasteiger partial charge in [-0.3, -0.25) is 18.7 Å². The minimum absolute atomic E-state index is 0.0516. The molecule has 9 heteroatoms. The van der Waals surface area contributed by atoms with Crippen molar-refractivity contribution in [1.82, 2.24) is 14.1 Å². The third-order valence-electron chi connectivity index (χ3n) is 7.82. The monoisotopic (exact) mass is 566 g/mol. The number of nitrogens with zero attached hydrogens (tertiary/aromatic N) is 3. The first-order valence-corrected chi connectivity index (χ1v) is 13.9. The second kappa shape index (κ2) is 10.9. The number of ether oxygens (including phenoxy) is 1. The molecule has 0 saturated heterocycles. The maximum Gasteiger partial charge on any atom is 0.339 e. The predicted molar refractivity (Wildman–Crippen MR) is 164 cm³/mol. The molecule has 2 aromatic carbocycles. The van der Waals surface area contributed by atoms with Gasteiger partial charge in [-0.25, -0.2) is 14.6 Å². The van der Waals surface area contributed by atoms with Crippen molar-refractivity contribution in [2.45, 2.75) is 45.4 Å². The third kappa shape index (κ3) is 5.18. The number of carbonyl (C=O) groups is 2. The molecular formula is C33H34N4O5. The highest BCUT2D eigenvalue weighted by Gasteiger charge is 2.28. The van der Waals surface area contributed by atoms with Crippen LogP contribution >= 0.6 is 0 Å². The van der Waals surface area contributed by atoms with Crippen molar-refractivity contribution >= 4 is 40.1 Å². The first-order valence-electron chi connectivity index (χ1n) is 13.9. The predicted octanol–water partition coefficient (Wildman–Crippen LogP) is 4.43. The Kier molecular flexibility index (Phi) is 7.45. The fourth-order valence-electron chi connectivity index (χ4n) is 5.39. The highest BCUT2D eigenvalue weighted by atomic mass is 16.5. The lowest BCUT2D eigenvalue weighted by molar-refractivity contribution is 0.0475. The zero-order valence-electron chi connectivity index (χ0n) is 24.5. The number of nitrogen functional groups attached to an aromatic ring is 1. The number of hydrogen-bond donors (Lipinski definition) is 1. The number of rotatable bonds is 5. The normalized spacial score (nSPS) is 14.2. The largest absolute Gasteiger partial charge is 0.454 e. The van der Waals surface area contributed by atoms with E-state index in [4.69, 9.17) is 15.5 Å². The molecule has 1 aliphatic rings. The molecule has 9 nitrogen and oxygen atoms in total. The summed E-state index contributed by atoms with van der Waals surface area (Å²) in [5.41, 5.74) is 9.92. The van der Waals surface area contributed by atoms with Crippen LogP contribution in [-0.2, 0) is 30.7 Å². The van der Waals surface area contributed by atoms with Crippen molar-refractivity contribution in [3.63, 3.8) is 0 Å². The number of Topliss-reactive ketones (excluding diaryl/α,β-unsaturated/α-hetero) is 1. The van der Waals surface area contributed by atoms with Gasteiger partial charge in [-0.05, 0) is 59.1 Å². The SMILES string of the molecule is Cn1c(N)c(C(=O)COC(=O)c2c3c(nc4ccccc24)/C(=C\c2ccc(C(C)(C)C)cc2)CCC3)c(=O)n(C)c1=O. The molecular weight excluding hydrogens is 532 g/mol. The maximum absolute atomic E-state index is 13.6. The molecule has 0 amide bonds. The van der Waals surface area contributed by atoms with Crippen LogP contribution in [0.3, 0.4) is 0 Å². The molecule has 1 aliphatic carbocycles. The van der Waals surface area contributed by atoms with Crippen LogP contribution < -0.4 is 17.0 Å². The van der Waals surface area contributed by atoms with E-state index in [9.17, 15) is 19.2 Å². The molecule has 2 N–H and O–H groups in total. The molecule has 216 valence electrons. The van der Waals surface area contributed by atoms with Gasteiger partial charge < -0.3 is 10.5 Å². The summed E-state index contributed by atoms with van der Waals surface area (Å²) in [5, 5.41) is 0.627. The van der Waals surface area contributed by atoms with Crippen molar-refractivity contribution in [3.8, 4) is 0 Å². The Morgan fingerprint density at radius 1 is 0.976 bits per heavy atom. The van der Waals surface area contributed by atoms with Crippen molar-refractivity contribution in [2.75, 3.05) is 12.3 Å². The summed E-state index contributed by atoms with van der Waals surface area (Å²) in [6.45, 7) is 5.83. The van der Waals surface area contributed by atoms with Gasteiger partial charge in [-0.2, -0.15) is 0 Å². The number of pyridine rings is 1. The summed E-state index contributed by atoms with van der Waals surface area (Å²) in [6, 6.07) is 15.8. The number of allylic oxidation sites excluding steroid dienone is 1. The van der Waals surface area contributed by atoms with E-state index in [0.29, 0.717) is 22.9 Å². The van der Waals surface area contributed by atoms with Crippen LogP contribution in [-0.4, -0.2) is 32.5 Å². The summed E-state index contributed by atoms with van der Waals surface area (Å²) in [6.07, 6.45) is 4.37. The highest BCUT2D eigenvalue weighted by molar-refractivity contribution is 6.08. The number of fused-ring (bicyclic) bond motifs is 2. The molecule has 0 atom stereocenters. The summed E-state index contributed by atoms with van der Waals surface area (Å²) in [4.78, 5) is 56.4. The van der Waals surface area contributed by atoms with Gasteiger partial charge in [0, 0.05) is 19.5 Å². The lowest BCUT2D eigenvalue weighted by Gasteiger charge is -2.23. The van der Waals surface area contributed by atoms with Crippen LogP contribution in [0.4, 0.5) is 5.82 Å². The summed E-state index contributed by atoms with van der Waals surface area (Å²) < 4.78 is 7.31. The number of benzene rings is 2. The van der Waals surface area contributed by atoms with Gasteiger partial charge in [0.1, 0.15) is 11.4 Å². The molecule has 0 fully saturated rings. The molecule has 42 heavy (non-hydrogen) atoms. The number of anilines is 1. The van der Waals surface area contributed by atoms with Gasteiger partial charge in [-0.1, -0.05) is 63.2 Å². The van der Waals surface area contributed by atoms with E-state index in [1.807, 2.05) is 24.3 Å². The minimum atomic E-state index is -0.839. The molecule has 0 aliphatic heterocycles. The van der Waals surface area contributed by atoms with E-state index in [0.717, 1.165) is 44.4 Å². The molecule has 0 saturated carbocycles. The average Bonchev–Trinajstić information content (AvgIpc) is 2.97. The van der Waals surface area contributed by atoms with Gasteiger partial charge in [0.15, 0.2) is 6.61 Å². The van der Waals surface area contributed by atoms with E-state index in [2.05, 4.69) is 51.1 Å². The van der Waals surface area contributed by atoms with E-state index < -0.39 is 35.2 Å². The van der Waals surface area contributed by atoms with E-state index in [1.165, 1.54) is 19.7 Å². The Balaban J connectivity index is 1.52. The van der Waals surface area contributed by atoms with Crippen LogP contribution in [0.2, 0.25) is 0 Å². The number of aromatic nitrogens is 3. The zero-order chi connectivity index (χ0) is 30.3. The van der Waals surface area contributed by atoms with Gasteiger partial charge in [0.05, 0.1) is 16.8 Å². The number of carbonyl (C=O) groups excluding carboxylic acids is 2. The molecule has 5 rings (SSSR count). The number of nitrogens with two attached hydrogens (primary N) is 1. The van der Waals surface area contributed by atoms with Crippen molar-refractivity contribution in [3.05, 3.63) is 103 Å². The lowest BCUT2D eigenvalue weighted by atomic mass is 9.85. The number of esters is 1. The molecule has 0 bridgehead atoms. The maximum atomic E-state index is 13.6. The van der Waals surface area contributed by atoms with Crippen LogP contribution in [0, 0.1) is 0 Å². The first kappa shape index (κ1) is 28.7. The fourth-order valence-corrected chi connectivity index (χ4v) is 5.39. The van der Waals surface area contributed by atoms with Gasteiger partial charge in [0.25, 0.3) is 5.56 Å². The minimum Gasteiger partial charge on any atom is -0.454 e. The van der Waals surface area contributed by atoms with Crippen LogP contribution in [0.5, 0.6) is 0 Å². The second-order valence-corrected chi connectivity index (χ2v) is 11.7. The molecule has 0 unspecified atom stereocenters. The van der Waals surface area contributed by atoms with E-state index in [-0.39, 0.29) is 11.2 Å². The van der Waals surface area contributed by atoms with Crippen LogP contribution in [0.1, 0.15) is 76.7 Å². The van der Waals surface area contributed by atoms with Crippen LogP contribution in [0.15, 0.2) is 58.1 Å². The topological polar surface area (TPSA) is 126 Å². The second-order valence-electron chi connectivity index (χ2n) is 11.7. The average molecular weight is 567 g/mol. The summed E-state index contributed by atoms with van der Waals surface area (Å²) in [7, 11) is 2.62. The highest BCUT2D eigenvalue weighted by Crippen LogP contribution is 2.36. The molecule has 4 aromatic rings. The fraction of sp³-hybridized carbons (Fsp3) is 0.303. The summed E-state index contributed by atoms with van der Waals surface area (Å²) >= 11 is 0.